The van der Waals surface area contributed by atoms with E-state index in [0.717, 1.165) is 17.8 Å². The van der Waals surface area contributed by atoms with Crippen molar-refractivity contribution in [3.05, 3.63) is 35.6 Å². The van der Waals surface area contributed by atoms with E-state index in [1.54, 1.807) is 12.1 Å². The number of ether oxygens (including phenoxy) is 2. The molecule has 1 N–H and O–H groups in total. The van der Waals surface area contributed by atoms with E-state index in [0.29, 0.717) is 47.5 Å². The lowest BCUT2D eigenvalue weighted by Gasteiger charge is -2.20. The first-order chi connectivity index (χ1) is 13.2. The molecular formula is C19H22N2O5S. The van der Waals surface area contributed by atoms with Crippen LogP contribution in [0.15, 0.2) is 35.2 Å². The second kappa shape index (κ2) is 9.48. The van der Waals surface area contributed by atoms with Gasteiger partial charge < -0.3 is 13.9 Å². The molecule has 0 unspecified atom stereocenters. The fourth-order valence-corrected chi connectivity index (χ4v) is 3.71. The highest BCUT2D eigenvalue weighted by molar-refractivity contribution is 7.18. The van der Waals surface area contributed by atoms with Gasteiger partial charge in [-0.2, -0.15) is 0 Å². The number of ketones is 1. The summed E-state index contributed by atoms with van der Waals surface area (Å²) < 4.78 is 15.9. The number of hydrogen-bond acceptors (Lipinski definition) is 7. The Bertz CT molecular complexity index is 791. The summed E-state index contributed by atoms with van der Waals surface area (Å²) >= 11 is 1.16. The van der Waals surface area contributed by atoms with Gasteiger partial charge in [0.1, 0.15) is 10.6 Å². The van der Waals surface area contributed by atoms with E-state index in [1.165, 1.54) is 12.5 Å². The molecule has 0 saturated carbocycles. The number of allylic oxidation sites excluding steroid dienone is 1. The van der Waals surface area contributed by atoms with Crippen LogP contribution in [0.25, 0.3) is 11.5 Å². The molecule has 3 heterocycles. The summed E-state index contributed by atoms with van der Waals surface area (Å²) in [4.78, 5) is 29.9. The number of hydrogen-bond donors (Lipinski definition) is 1. The first kappa shape index (κ1) is 19.3. The van der Waals surface area contributed by atoms with Crippen molar-refractivity contribution >= 4 is 28.2 Å². The van der Waals surface area contributed by atoms with Gasteiger partial charge >= 0.3 is 0 Å². The van der Waals surface area contributed by atoms with E-state index in [2.05, 4.69) is 10.3 Å². The first-order valence-corrected chi connectivity index (χ1v) is 9.73. The highest BCUT2D eigenvalue weighted by Gasteiger charge is 2.29. The van der Waals surface area contributed by atoms with E-state index >= 15 is 0 Å². The van der Waals surface area contributed by atoms with Gasteiger partial charge in [0.2, 0.25) is 0 Å². The molecule has 2 aromatic rings. The van der Waals surface area contributed by atoms with Crippen LogP contribution in [0.3, 0.4) is 0 Å². The lowest BCUT2D eigenvalue weighted by atomic mass is 9.94. The van der Waals surface area contributed by atoms with Gasteiger partial charge in [0.05, 0.1) is 12.5 Å². The number of nitrogens with zero attached hydrogens (tertiary/aromatic N) is 1. The predicted molar refractivity (Wildman–Crippen MR) is 102 cm³/mol. The second-order valence-corrected chi connectivity index (χ2v) is 7.06. The summed E-state index contributed by atoms with van der Waals surface area (Å²) in [5, 5.41) is 3.04. The van der Waals surface area contributed by atoms with Crippen LogP contribution in [0.4, 0.5) is 5.13 Å². The molecule has 8 heteroatoms. The number of anilines is 1. The molecule has 1 amide bonds. The van der Waals surface area contributed by atoms with Crippen LogP contribution >= 0.6 is 11.3 Å². The molecular weight excluding hydrogens is 368 g/mol. The van der Waals surface area contributed by atoms with Crippen LogP contribution in [-0.2, 0) is 14.3 Å². The second-order valence-electron chi connectivity index (χ2n) is 6.06. The number of rotatable bonds is 8. The first-order valence-electron chi connectivity index (χ1n) is 8.92. The van der Waals surface area contributed by atoms with Crippen molar-refractivity contribution in [1.82, 2.24) is 4.98 Å². The van der Waals surface area contributed by atoms with E-state index in [9.17, 15) is 9.59 Å². The highest BCUT2D eigenvalue weighted by Crippen LogP contribution is 2.35. The molecule has 1 saturated heterocycles. The smallest absolute Gasteiger partial charge is 0.264 e. The summed E-state index contributed by atoms with van der Waals surface area (Å²) in [5.74, 6) is 0.0913. The van der Waals surface area contributed by atoms with Crippen molar-refractivity contribution in [2.45, 2.75) is 26.2 Å². The monoisotopic (exact) mass is 390 g/mol. The van der Waals surface area contributed by atoms with Crippen LogP contribution < -0.4 is 5.32 Å². The largest absolute Gasteiger partial charge is 0.492 e. The standard InChI is InChI=1S/C19H22N2O5S/c1-2-3-8-25-12-15(22)20-19-21-16(14-5-4-9-26-14)18(27-19)17(23)13-6-10-24-11-7-13/h3-5,8-9,13H,2,6-7,10-12H2,1H3,(H,20,21,22)/b8-3-. The quantitative estimate of drug-likeness (QED) is 0.543. The average Bonchev–Trinajstić information content (AvgIpc) is 3.35. The Morgan fingerprint density at radius 1 is 1.41 bits per heavy atom. The minimum absolute atomic E-state index is 0.0184. The molecule has 0 spiro atoms. The lowest BCUT2D eigenvalue weighted by molar-refractivity contribution is -0.119. The zero-order chi connectivity index (χ0) is 19.1. The van der Waals surface area contributed by atoms with Gasteiger partial charge in [-0.25, -0.2) is 4.98 Å². The van der Waals surface area contributed by atoms with Crippen LogP contribution in [0, 0.1) is 5.92 Å². The normalized spacial score (nSPS) is 15.1. The van der Waals surface area contributed by atoms with Gasteiger partial charge in [-0.15, -0.1) is 0 Å². The maximum atomic E-state index is 13.0. The van der Waals surface area contributed by atoms with Crippen LogP contribution in [-0.4, -0.2) is 36.5 Å². The Morgan fingerprint density at radius 3 is 2.93 bits per heavy atom. The predicted octanol–water partition coefficient (Wildman–Crippen LogP) is 3.89. The number of Topliss-reactive ketones (excluding diaryl/α,β-unsaturated/α-hetero) is 1. The number of carbonyl (C=O) groups is 2. The Kier molecular flexibility index (Phi) is 6.78. The van der Waals surface area contributed by atoms with Crippen LogP contribution in [0.1, 0.15) is 35.9 Å². The minimum atomic E-state index is -0.333. The van der Waals surface area contributed by atoms with Crippen molar-refractivity contribution in [1.29, 1.82) is 0 Å². The van der Waals surface area contributed by atoms with Crippen molar-refractivity contribution in [3.63, 3.8) is 0 Å². The summed E-state index contributed by atoms with van der Waals surface area (Å²) in [6, 6.07) is 3.49. The molecule has 0 aromatic carbocycles. The Balaban J connectivity index is 1.77. The average molecular weight is 390 g/mol. The molecule has 0 radical (unpaired) electrons. The fraction of sp³-hybridized carbons (Fsp3) is 0.421. The fourth-order valence-electron chi connectivity index (χ4n) is 2.71. The van der Waals surface area contributed by atoms with Gasteiger partial charge in [-0.1, -0.05) is 24.3 Å². The molecule has 3 rings (SSSR count). The molecule has 0 aliphatic carbocycles. The number of thiazole rings is 1. The van der Waals surface area contributed by atoms with Crippen molar-refractivity contribution in [2.75, 3.05) is 25.1 Å². The molecule has 1 fully saturated rings. The van der Waals surface area contributed by atoms with E-state index in [4.69, 9.17) is 13.9 Å². The molecule has 2 aromatic heterocycles. The third-order valence-electron chi connectivity index (χ3n) is 4.09. The van der Waals surface area contributed by atoms with Gasteiger partial charge in [0.25, 0.3) is 5.91 Å². The van der Waals surface area contributed by atoms with E-state index in [1.807, 2.05) is 13.0 Å². The number of amides is 1. The maximum Gasteiger partial charge on any atom is 0.264 e. The van der Waals surface area contributed by atoms with E-state index < -0.39 is 0 Å². The topological polar surface area (TPSA) is 90.7 Å². The molecule has 144 valence electrons. The van der Waals surface area contributed by atoms with Crippen LogP contribution in [0.5, 0.6) is 0 Å². The summed E-state index contributed by atoms with van der Waals surface area (Å²) in [6.07, 6.45) is 7.05. The lowest BCUT2D eigenvalue weighted by Crippen LogP contribution is -2.23. The summed E-state index contributed by atoms with van der Waals surface area (Å²) in [5.41, 5.74) is 0.462. The Hall–Kier alpha value is -2.45. The molecule has 7 nitrogen and oxygen atoms in total. The zero-order valence-corrected chi connectivity index (χ0v) is 15.9. The number of furan rings is 1. The molecule has 0 atom stereocenters. The Labute approximate surface area is 161 Å². The van der Waals surface area contributed by atoms with Gasteiger partial charge in [-0.3, -0.25) is 14.9 Å². The summed E-state index contributed by atoms with van der Waals surface area (Å²) in [7, 11) is 0. The van der Waals surface area contributed by atoms with Crippen molar-refractivity contribution in [3.8, 4) is 11.5 Å². The van der Waals surface area contributed by atoms with Crippen molar-refractivity contribution in [2.24, 2.45) is 5.92 Å². The highest BCUT2D eigenvalue weighted by atomic mass is 32.1. The third kappa shape index (κ3) is 5.05. The molecule has 1 aliphatic heterocycles. The van der Waals surface area contributed by atoms with Crippen molar-refractivity contribution < 1.29 is 23.5 Å². The van der Waals surface area contributed by atoms with Crippen LogP contribution in [0.2, 0.25) is 0 Å². The zero-order valence-electron chi connectivity index (χ0n) is 15.1. The number of nitrogens with one attached hydrogen (secondary N) is 1. The Morgan fingerprint density at radius 2 is 2.22 bits per heavy atom. The van der Waals surface area contributed by atoms with E-state index in [-0.39, 0.29) is 24.2 Å². The third-order valence-corrected chi connectivity index (χ3v) is 5.07. The number of carbonyl (C=O) groups excluding carboxylic acids is 2. The van der Waals surface area contributed by atoms with Gasteiger partial charge in [0, 0.05) is 19.1 Å². The van der Waals surface area contributed by atoms with Gasteiger partial charge in [0.15, 0.2) is 23.3 Å². The molecule has 0 bridgehead atoms. The SMILES string of the molecule is CC/C=C\OCC(=O)Nc1nc(-c2ccco2)c(C(=O)C2CCOCC2)s1. The number of aromatic nitrogens is 1. The maximum absolute atomic E-state index is 13.0. The molecule has 1 aliphatic rings. The van der Waals surface area contributed by atoms with Gasteiger partial charge in [-0.05, 0) is 31.4 Å². The minimum Gasteiger partial charge on any atom is -0.492 e. The molecule has 27 heavy (non-hydrogen) atoms. The summed E-state index contributed by atoms with van der Waals surface area (Å²) in [6.45, 7) is 3.02.